The molecule has 0 spiro atoms. The third kappa shape index (κ3) is 3.70. The normalized spacial score (nSPS) is 10.5. The van der Waals surface area contributed by atoms with Crippen LogP contribution in [0.1, 0.15) is 22.6 Å². The first-order chi connectivity index (χ1) is 9.86. The van der Waals surface area contributed by atoms with Crippen molar-refractivity contribution in [3.05, 3.63) is 56.2 Å². The summed E-state index contributed by atoms with van der Waals surface area (Å²) in [5, 5.41) is 3.31. The van der Waals surface area contributed by atoms with Crippen molar-refractivity contribution in [3.8, 4) is 0 Å². The molecule has 0 saturated carbocycles. The highest BCUT2D eigenvalue weighted by molar-refractivity contribution is 6.31. The molecule has 1 aromatic heterocycles. The van der Waals surface area contributed by atoms with Crippen LogP contribution in [0.2, 0.25) is 5.02 Å². The van der Waals surface area contributed by atoms with Crippen LogP contribution in [0.3, 0.4) is 0 Å². The number of rotatable bonds is 3. The highest BCUT2D eigenvalue weighted by Gasteiger charge is 2.12. The van der Waals surface area contributed by atoms with Gasteiger partial charge in [0.05, 0.1) is 6.42 Å². The highest BCUT2D eigenvalue weighted by Crippen LogP contribution is 2.20. The molecule has 0 saturated heterocycles. The van der Waals surface area contributed by atoms with Crippen LogP contribution in [0.15, 0.2) is 23.0 Å². The zero-order valence-corrected chi connectivity index (χ0v) is 12.8. The number of H-pyrrole nitrogens is 1. The van der Waals surface area contributed by atoms with E-state index in [2.05, 4.69) is 15.3 Å². The zero-order chi connectivity index (χ0) is 15.6. The van der Waals surface area contributed by atoms with Gasteiger partial charge in [0.2, 0.25) is 5.91 Å². The van der Waals surface area contributed by atoms with Gasteiger partial charge in [0.15, 0.2) is 0 Å². The predicted octanol–water partition coefficient (Wildman–Crippen LogP) is 2.53. The van der Waals surface area contributed by atoms with Crippen molar-refractivity contribution in [1.29, 1.82) is 0 Å². The van der Waals surface area contributed by atoms with Crippen LogP contribution in [-0.4, -0.2) is 15.9 Å². The molecule has 0 aliphatic heterocycles. The Bertz CT molecular complexity index is 753. The summed E-state index contributed by atoms with van der Waals surface area (Å²) in [6, 6.07) is 5.27. The molecule has 1 aromatic carbocycles. The van der Waals surface area contributed by atoms with Gasteiger partial charge in [-0.1, -0.05) is 17.7 Å². The summed E-state index contributed by atoms with van der Waals surface area (Å²) in [5.41, 5.74) is 2.19. The van der Waals surface area contributed by atoms with Gasteiger partial charge in [0.1, 0.15) is 5.82 Å². The number of aryl methyl sites for hydroxylation is 3. The third-order valence-electron chi connectivity index (χ3n) is 3.13. The number of aromatic amines is 1. The first-order valence-electron chi connectivity index (χ1n) is 6.49. The van der Waals surface area contributed by atoms with Crippen LogP contribution < -0.4 is 10.9 Å². The molecule has 0 bridgehead atoms. The molecule has 0 radical (unpaired) electrons. The number of nitrogens with zero attached hydrogens (tertiary/aromatic N) is 1. The fourth-order valence-corrected chi connectivity index (χ4v) is 2.18. The number of benzene rings is 1. The zero-order valence-electron chi connectivity index (χ0n) is 12.1. The SMILES string of the molecule is Cc1nc(C)c(CC(=O)Nc2ccc(C)c(Cl)c2)c(=O)[nH]1. The van der Waals surface area contributed by atoms with Gasteiger partial charge < -0.3 is 10.3 Å². The highest BCUT2D eigenvalue weighted by atomic mass is 35.5. The van der Waals surface area contributed by atoms with E-state index in [9.17, 15) is 9.59 Å². The lowest BCUT2D eigenvalue weighted by Gasteiger charge is -2.08. The molecule has 1 heterocycles. The van der Waals surface area contributed by atoms with Gasteiger partial charge >= 0.3 is 0 Å². The Morgan fingerprint density at radius 1 is 1.33 bits per heavy atom. The number of nitrogens with one attached hydrogen (secondary N) is 2. The molecule has 2 N–H and O–H groups in total. The molecule has 21 heavy (non-hydrogen) atoms. The predicted molar refractivity (Wildman–Crippen MR) is 82.9 cm³/mol. The van der Waals surface area contributed by atoms with Crippen LogP contribution in [0, 0.1) is 20.8 Å². The summed E-state index contributed by atoms with van der Waals surface area (Å²) in [5.74, 6) is 0.251. The Morgan fingerprint density at radius 2 is 2.05 bits per heavy atom. The van der Waals surface area contributed by atoms with Crippen molar-refractivity contribution in [1.82, 2.24) is 9.97 Å². The van der Waals surface area contributed by atoms with Crippen molar-refractivity contribution >= 4 is 23.2 Å². The Hall–Kier alpha value is -2.14. The molecule has 2 rings (SSSR count). The standard InChI is InChI=1S/C15H16ClN3O2/c1-8-4-5-11(6-13(8)16)19-14(20)7-12-9(2)17-10(3)18-15(12)21/h4-6H,7H2,1-3H3,(H,19,20)(H,17,18,21). The lowest BCUT2D eigenvalue weighted by atomic mass is 10.1. The minimum atomic E-state index is -0.283. The first-order valence-corrected chi connectivity index (χ1v) is 6.87. The second-order valence-electron chi connectivity index (χ2n) is 4.90. The van der Waals surface area contributed by atoms with E-state index in [0.717, 1.165) is 5.56 Å². The molecule has 0 aliphatic carbocycles. The van der Waals surface area contributed by atoms with E-state index >= 15 is 0 Å². The van der Waals surface area contributed by atoms with Crippen molar-refractivity contribution in [3.63, 3.8) is 0 Å². The van der Waals surface area contributed by atoms with Crippen LogP contribution in [0.4, 0.5) is 5.69 Å². The molecular weight excluding hydrogens is 290 g/mol. The maximum absolute atomic E-state index is 12.0. The van der Waals surface area contributed by atoms with Crippen molar-refractivity contribution in [2.45, 2.75) is 27.2 Å². The lowest BCUT2D eigenvalue weighted by molar-refractivity contribution is -0.115. The lowest BCUT2D eigenvalue weighted by Crippen LogP contribution is -2.24. The fourth-order valence-electron chi connectivity index (χ4n) is 2.00. The molecule has 110 valence electrons. The maximum Gasteiger partial charge on any atom is 0.254 e. The average Bonchev–Trinajstić information content (AvgIpc) is 2.38. The van der Waals surface area contributed by atoms with Gasteiger partial charge in [-0.2, -0.15) is 0 Å². The number of carbonyl (C=O) groups is 1. The quantitative estimate of drug-likeness (QED) is 0.915. The van der Waals surface area contributed by atoms with E-state index in [-0.39, 0.29) is 17.9 Å². The van der Waals surface area contributed by atoms with Crippen molar-refractivity contribution < 1.29 is 4.79 Å². The summed E-state index contributed by atoms with van der Waals surface area (Å²) in [7, 11) is 0. The number of aromatic nitrogens is 2. The van der Waals surface area contributed by atoms with Gasteiger partial charge in [-0.15, -0.1) is 0 Å². The second-order valence-corrected chi connectivity index (χ2v) is 5.31. The Labute approximate surface area is 127 Å². The van der Waals surface area contributed by atoms with E-state index in [1.165, 1.54) is 0 Å². The van der Waals surface area contributed by atoms with Crippen LogP contribution >= 0.6 is 11.6 Å². The Kier molecular flexibility index (Phi) is 4.43. The Balaban J connectivity index is 2.15. The van der Waals surface area contributed by atoms with Gasteiger partial charge in [0, 0.05) is 22.0 Å². The van der Waals surface area contributed by atoms with Crippen LogP contribution in [0.5, 0.6) is 0 Å². The molecule has 1 amide bonds. The molecular formula is C15H16ClN3O2. The number of halogens is 1. The number of amides is 1. The number of hydrogen-bond donors (Lipinski definition) is 2. The van der Waals surface area contributed by atoms with E-state index in [1.54, 1.807) is 26.0 Å². The van der Waals surface area contributed by atoms with Gasteiger partial charge in [-0.3, -0.25) is 9.59 Å². The monoisotopic (exact) mass is 305 g/mol. The molecule has 6 heteroatoms. The number of carbonyl (C=O) groups excluding carboxylic acids is 1. The van der Waals surface area contributed by atoms with E-state index in [4.69, 9.17) is 11.6 Å². The summed E-state index contributed by atoms with van der Waals surface area (Å²) in [6.07, 6.45) is -0.0278. The topological polar surface area (TPSA) is 74.8 Å². The summed E-state index contributed by atoms with van der Waals surface area (Å²) < 4.78 is 0. The van der Waals surface area contributed by atoms with E-state index < -0.39 is 0 Å². The van der Waals surface area contributed by atoms with E-state index in [1.807, 2.05) is 13.0 Å². The first kappa shape index (κ1) is 15.3. The Morgan fingerprint density at radius 3 is 2.67 bits per heavy atom. The largest absolute Gasteiger partial charge is 0.326 e. The van der Waals surface area contributed by atoms with Crippen LogP contribution in [-0.2, 0) is 11.2 Å². The van der Waals surface area contributed by atoms with Crippen LogP contribution in [0.25, 0.3) is 0 Å². The third-order valence-corrected chi connectivity index (χ3v) is 3.54. The average molecular weight is 306 g/mol. The molecule has 0 fully saturated rings. The maximum atomic E-state index is 12.0. The fraction of sp³-hybridized carbons (Fsp3) is 0.267. The number of anilines is 1. The van der Waals surface area contributed by atoms with Crippen molar-refractivity contribution in [2.24, 2.45) is 0 Å². The molecule has 2 aromatic rings. The summed E-state index contributed by atoms with van der Waals surface area (Å²) in [6.45, 7) is 5.30. The van der Waals surface area contributed by atoms with Gasteiger partial charge in [-0.05, 0) is 38.5 Å². The summed E-state index contributed by atoms with van der Waals surface area (Å²) >= 11 is 6.01. The van der Waals surface area contributed by atoms with Gasteiger partial charge in [0.25, 0.3) is 5.56 Å². The van der Waals surface area contributed by atoms with Gasteiger partial charge in [-0.25, -0.2) is 4.98 Å². The minimum absolute atomic E-state index is 0.0278. The second kappa shape index (κ2) is 6.10. The summed E-state index contributed by atoms with van der Waals surface area (Å²) in [4.78, 5) is 30.6. The molecule has 0 atom stereocenters. The van der Waals surface area contributed by atoms with Crippen molar-refractivity contribution in [2.75, 3.05) is 5.32 Å². The smallest absolute Gasteiger partial charge is 0.254 e. The van der Waals surface area contributed by atoms with E-state index in [0.29, 0.717) is 27.8 Å². The molecule has 0 aliphatic rings. The minimum Gasteiger partial charge on any atom is -0.326 e. The molecule has 0 unspecified atom stereocenters. The molecule has 5 nitrogen and oxygen atoms in total. The number of hydrogen-bond acceptors (Lipinski definition) is 3.